The maximum Gasteiger partial charge on any atom is 0.161 e. The van der Waals surface area contributed by atoms with Gasteiger partial charge in [-0.25, -0.2) is 0 Å². The molecule has 4 nitrogen and oxygen atoms in total. The first-order valence-electron chi connectivity index (χ1n) is 7.93. The lowest BCUT2D eigenvalue weighted by Crippen LogP contribution is -2.14. The molecule has 0 amide bonds. The van der Waals surface area contributed by atoms with Crippen LogP contribution in [0.25, 0.3) is 0 Å². The first kappa shape index (κ1) is 17.8. The number of hydrogen-bond donors (Lipinski definition) is 2. The quantitative estimate of drug-likeness (QED) is 0.582. The van der Waals surface area contributed by atoms with Crippen LogP contribution in [0.1, 0.15) is 44.6 Å². The number of aliphatic hydroxyl groups excluding tert-OH is 1. The van der Waals surface area contributed by atoms with E-state index in [-0.39, 0.29) is 13.2 Å². The Bertz CT molecular complexity index is 382. The maximum absolute atomic E-state index is 8.79. The average Bonchev–Trinajstić information content (AvgIpc) is 2.52. The van der Waals surface area contributed by atoms with Crippen LogP contribution in [0.2, 0.25) is 0 Å². The Morgan fingerprint density at radius 1 is 1.10 bits per heavy atom. The summed E-state index contributed by atoms with van der Waals surface area (Å²) in [5.74, 6) is 1.39. The number of methoxy groups -OCH3 is 1. The Balaban J connectivity index is 2.31. The molecule has 1 rings (SSSR count). The van der Waals surface area contributed by atoms with Crippen LogP contribution in [0.3, 0.4) is 0 Å². The van der Waals surface area contributed by atoms with Gasteiger partial charge in [0.2, 0.25) is 0 Å². The van der Waals surface area contributed by atoms with E-state index < -0.39 is 0 Å². The fraction of sp³-hybridized carbons (Fsp3) is 0.647. The second-order valence-corrected chi connectivity index (χ2v) is 5.15. The molecule has 0 bridgehead atoms. The Morgan fingerprint density at radius 2 is 1.90 bits per heavy atom. The van der Waals surface area contributed by atoms with E-state index in [2.05, 4.69) is 12.2 Å². The average molecular weight is 295 g/mol. The van der Waals surface area contributed by atoms with Gasteiger partial charge in [-0.05, 0) is 30.7 Å². The highest BCUT2D eigenvalue weighted by Crippen LogP contribution is 2.27. The molecule has 0 aliphatic rings. The van der Waals surface area contributed by atoms with Gasteiger partial charge in [0.1, 0.15) is 6.61 Å². The Kier molecular flexibility index (Phi) is 9.66. The van der Waals surface area contributed by atoms with E-state index in [0.29, 0.717) is 11.5 Å². The second-order valence-electron chi connectivity index (χ2n) is 5.15. The number of ether oxygens (including phenoxy) is 2. The molecule has 0 heterocycles. The third kappa shape index (κ3) is 7.34. The van der Waals surface area contributed by atoms with Crippen LogP contribution in [-0.4, -0.2) is 32.0 Å². The van der Waals surface area contributed by atoms with Crippen LogP contribution < -0.4 is 14.8 Å². The number of nitrogens with one attached hydrogen (secondary N) is 1. The Labute approximate surface area is 128 Å². The molecule has 0 saturated carbocycles. The summed E-state index contributed by atoms with van der Waals surface area (Å²) < 4.78 is 10.7. The lowest BCUT2D eigenvalue weighted by Gasteiger charge is -2.12. The first-order chi connectivity index (χ1) is 10.3. The van der Waals surface area contributed by atoms with Crippen LogP contribution >= 0.6 is 0 Å². The van der Waals surface area contributed by atoms with Crippen LogP contribution in [-0.2, 0) is 6.54 Å². The molecule has 0 atom stereocenters. The highest BCUT2D eigenvalue weighted by molar-refractivity contribution is 5.42. The van der Waals surface area contributed by atoms with Crippen LogP contribution in [0, 0.1) is 0 Å². The summed E-state index contributed by atoms with van der Waals surface area (Å²) in [6, 6.07) is 5.91. The predicted octanol–water partition coefficient (Wildman–Crippen LogP) is 3.13. The van der Waals surface area contributed by atoms with Crippen molar-refractivity contribution in [3.8, 4) is 11.5 Å². The smallest absolute Gasteiger partial charge is 0.161 e. The highest BCUT2D eigenvalue weighted by atomic mass is 16.5. The van der Waals surface area contributed by atoms with Gasteiger partial charge in [0.05, 0.1) is 13.7 Å². The minimum Gasteiger partial charge on any atom is -0.493 e. The third-order valence-electron chi connectivity index (χ3n) is 3.36. The van der Waals surface area contributed by atoms with E-state index >= 15 is 0 Å². The van der Waals surface area contributed by atoms with Gasteiger partial charge in [0.25, 0.3) is 0 Å². The van der Waals surface area contributed by atoms with E-state index in [0.717, 1.165) is 13.1 Å². The molecule has 0 aliphatic heterocycles. The molecular formula is C17H29NO3. The standard InChI is InChI=1S/C17H29NO3/c1-3-4-5-6-7-10-18-14-15-8-9-16(21-12-11-19)17(13-15)20-2/h8-9,13,18-19H,3-7,10-12,14H2,1-2H3. The maximum atomic E-state index is 8.79. The Hall–Kier alpha value is -1.26. The molecule has 0 fully saturated rings. The fourth-order valence-corrected chi connectivity index (χ4v) is 2.18. The summed E-state index contributed by atoms with van der Waals surface area (Å²) >= 11 is 0. The topological polar surface area (TPSA) is 50.7 Å². The minimum absolute atomic E-state index is 0.00446. The van der Waals surface area contributed by atoms with Gasteiger partial charge in [0.15, 0.2) is 11.5 Å². The lowest BCUT2D eigenvalue weighted by atomic mass is 10.1. The summed E-state index contributed by atoms with van der Waals surface area (Å²) in [4.78, 5) is 0. The molecule has 0 aromatic heterocycles. The fourth-order valence-electron chi connectivity index (χ4n) is 2.18. The summed E-state index contributed by atoms with van der Waals surface area (Å²) in [6.45, 7) is 4.41. The summed E-state index contributed by atoms with van der Waals surface area (Å²) in [7, 11) is 1.63. The van der Waals surface area contributed by atoms with Gasteiger partial charge >= 0.3 is 0 Å². The molecule has 0 saturated heterocycles. The van der Waals surface area contributed by atoms with E-state index in [4.69, 9.17) is 14.6 Å². The number of aliphatic hydroxyl groups is 1. The van der Waals surface area contributed by atoms with Crippen LogP contribution in [0.4, 0.5) is 0 Å². The molecule has 21 heavy (non-hydrogen) atoms. The molecule has 120 valence electrons. The highest BCUT2D eigenvalue weighted by Gasteiger charge is 2.05. The van der Waals surface area contributed by atoms with Crippen molar-refractivity contribution in [3.63, 3.8) is 0 Å². The third-order valence-corrected chi connectivity index (χ3v) is 3.36. The van der Waals surface area contributed by atoms with E-state index in [1.807, 2.05) is 18.2 Å². The van der Waals surface area contributed by atoms with E-state index in [1.54, 1.807) is 7.11 Å². The van der Waals surface area contributed by atoms with Crippen LogP contribution in [0.5, 0.6) is 11.5 Å². The number of unbranched alkanes of at least 4 members (excludes halogenated alkanes) is 4. The van der Waals surface area contributed by atoms with Gasteiger partial charge in [-0.1, -0.05) is 38.7 Å². The van der Waals surface area contributed by atoms with Crippen LogP contribution in [0.15, 0.2) is 18.2 Å². The van der Waals surface area contributed by atoms with Crippen molar-refractivity contribution in [2.45, 2.75) is 45.6 Å². The second kappa shape index (κ2) is 11.4. The SMILES string of the molecule is CCCCCCCNCc1ccc(OCCO)c(OC)c1. The molecule has 1 aromatic carbocycles. The molecule has 0 unspecified atom stereocenters. The number of rotatable bonds is 12. The predicted molar refractivity (Wildman–Crippen MR) is 86.0 cm³/mol. The molecular weight excluding hydrogens is 266 g/mol. The van der Waals surface area contributed by atoms with Gasteiger partial charge in [-0.15, -0.1) is 0 Å². The number of hydrogen-bond acceptors (Lipinski definition) is 4. The first-order valence-corrected chi connectivity index (χ1v) is 7.93. The minimum atomic E-state index is 0.00446. The van der Waals surface area contributed by atoms with Crippen molar-refractivity contribution >= 4 is 0 Å². The normalized spacial score (nSPS) is 10.6. The van der Waals surface area contributed by atoms with E-state index in [1.165, 1.54) is 37.7 Å². The summed E-state index contributed by atoms with van der Waals surface area (Å²) in [6.07, 6.45) is 6.50. The molecule has 4 heteroatoms. The largest absolute Gasteiger partial charge is 0.493 e. The lowest BCUT2D eigenvalue weighted by molar-refractivity contribution is 0.196. The zero-order valence-electron chi connectivity index (χ0n) is 13.4. The van der Waals surface area contributed by atoms with Crippen molar-refractivity contribution < 1.29 is 14.6 Å². The van der Waals surface area contributed by atoms with Crippen molar-refractivity contribution in [1.82, 2.24) is 5.32 Å². The van der Waals surface area contributed by atoms with E-state index in [9.17, 15) is 0 Å². The van der Waals surface area contributed by atoms with Gasteiger partial charge in [-0.3, -0.25) is 0 Å². The zero-order chi connectivity index (χ0) is 15.3. The van der Waals surface area contributed by atoms with Crippen molar-refractivity contribution in [3.05, 3.63) is 23.8 Å². The molecule has 0 radical (unpaired) electrons. The van der Waals surface area contributed by atoms with Gasteiger partial charge in [-0.2, -0.15) is 0 Å². The van der Waals surface area contributed by atoms with Gasteiger partial charge < -0.3 is 19.9 Å². The monoisotopic (exact) mass is 295 g/mol. The summed E-state index contributed by atoms with van der Waals surface area (Å²) in [5.41, 5.74) is 1.18. The zero-order valence-corrected chi connectivity index (χ0v) is 13.4. The summed E-state index contributed by atoms with van der Waals surface area (Å²) in [5, 5.41) is 12.2. The van der Waals surface area contributed by atoms with Crippen molar-refractivity contribution in [2.24, 2.45) is 0 Å². The van der Waals surface area contributed by atoms with Gasteiger partial charge in [0, 0.05) is 6.54 Å². The molecule has 0 spiro atoms. The molecule has 1 aromatic rings. The Morgan fingerprint density at radius 3 is 2.62 bits per heavy atom. The number of benzene rings is 1. The molecule has 0 aliphatic carbocycles. The molecule has 2 N–H and O–H groups in total. The van der Waals surface area contributed by atoms with Crippen molar-refractivity contribution in [1.29, 1.82) is 0 Å². The van der Waals surface area contributed by atoms with Crippen molar-refractivity contribution in [2.75, 3.05) is 26.9 Å².